The molecule has 0 atom stereocenters. The van der Waals surface area contributed by atoms with Gasteiger partial charge in [0, 0.05) is 12.1 Å². The fourth-order valence-electron chi connectivity index (χ4n) is 2.22. The molecule has 0 saturated carbocycles. The Morgan fingerprint density at radius 1 is 1.10 bits per heavy atom. The van der Waals surface area contributed by atoms with Gasteiger partial charge in [0.2, 0.25) is 5.82 Å². The number of hydrogen-bond acceptors (Lipinski definition) is 4. The van der Waals surface area contributed by atoms with E-state index in [2.05, 4.69) is 39.8 Å². The van der Waals surface area contributed by atoms with Gasteiger partial charge in [0.25, 0.3) is 0 Å². The van der Waals surface area contributed by atoms with Gasteiger partial charge in [-0.3, -0.25) is 0 Å². The Morgan fingerprint density at radius 3 is 2.62 bits per heavy atom. The maximum atomic E-state index is 4.45. The largest absolute Gasteiger partial charge is 0.316 e. The minimum Gasteiger partial charge on any atom is -0.316 e. The van der Waals surface area contributed by atoms with Gasteiger partial charge in [0.05, 0.1) is 5.69 Å². The number of benzene rings is 2. The quantitative estimate of drug-likeness (QED) is 0.796. The predicted molar refractivity (Wildman–Crippen MR) is 82.1 cm³/mol. The third-order valence-electron chi connectivity index (χ3n) is 3.37. The van der Waals surface area contributed by atoms with Crippen molar-refractivity contribution in [2.75, 3.05) is 7.05 Å². The number of aryl methyl sites for hydroxylation is 1. The second-order valence-corrected chi connectivity index (χ2v) is 4.91. The minimum absolute atomic E-state index is 0.632. The van der Waals surface area contributed by atoms with Crippen LogP contribution in [0.1, 0.15) is 11.1 Å². The van der Waals surface area contributed by atoms with Gasteiger partial charge < -0.3 is 5.32 Å². The van der Waals surface area contributed by atoms with E-state index in [0.717, 1.165) is 17.8 Å². The van der Waals surface area contributed by atoms with E-state index in [4.69, 9.17) is 0 Å². The van der Waals surface area contributed by atoms with Gasteiger partial charge in [0.15, 0.2) is 0 Å². The van der Waals surface area contributed by atoms with Crippen LogP contribution in [0, 0.1) is 6.92 Å². The number of rotatable bonds is 4. The smallest absolute Gasteiger partial charge is 0.205 e. The molecule has 0 saturated heterocycles. The lowest BCUT2D eigenvalue weighted by Gasteiger charge is -2.06. The predicted octanol–water partition coefficient (Wildman–Crippen LogP) is 2.36. The van der Waals surface area contributed by atoms with Crippen LogP contribution in [0.15, 0.2) is 48.5 Å². The Kier molecular flexibility index (Phi) is 3.75. The molecule has 3 rings (SSSR count). The van der Waals surface area contributed by atoms with Crippen molar-refractivity contribution in [3.63, 3.8) is 0 Å². The van der Waals surface area contributed by atoms with E-state index in [1.807, 2.05) is 43.4 Å². The summed E-state index contributed by atoms with van der Waals surface area (Å²) in [5.41, 5.74) is 4.36. The monoisotopic (exact) mass is 279 g/mol. The first-order valence-electron chi connectivity index (χ1n) is 6.88. The summed E-state index contributed by atoms with van der Waals surface area (Å²) in [6, 6.07) is 16.0. The van der Waals surface area contributed by atoms with Crippen LogP contribution in [-0.4, -0.2) is 27.3 Å². The molecule has 3 aromatic rings. The molecule has 0 fully saturated rings. The van der Waals surface area contributed by atoms with E-state index in [1.54, 1.807) is 4.80 Å². The van der Waals surface area contributed by atoms with Gasteiger partial charge in [-0.25, -0.2) is 0 Å². The standard InChI is InChI=1S/C16H17N5/c1-12-10-15(9-8-14(12)11-17-2)21-19-16(18-20-21)13-6-4-3-5-7-13/h3-10,17H,11H2,1-2H3. The first-order valence-corrected chi connectivity index (χ1v) is 6.88. The second-order valence-electron chi connectivity index (χ2n) is 4.91. The third-order valence-corrected chi connectivity index (χ3v) is 3.37. The highest BCUT2D eigenvalue weighted by Gasteiger charge is 2.08. The Balaban J connectivity index is 1.91. The van der Waals surface area contributed by atoms with Crippen LogP contribution >= 0.6 is 0 Å². The van der Waals surface area contributed by atoms with Crippen molar-refractivity contribution in [1.29, 1.82) is 0 Å². The lowest BCUT2D eigenvalue weighted by Crippen LogP contribution is -2.07. The zero-order valence-corrected chi connectivity index (χ0v) is 12.1. The van der Waals surface area contributed by atoms with Crippen LogP contribution in [0.4, 0.5) is 0 Å². The lowest BCUT2D eigenvalue weighted by atomic mass is 10.1. The van der Waals surface area contributed by atoms with E-state index in [-0.39, 0.29) is 0 Å². The summed E-state index contributed by atoms with van der Waals surface area (Å²) in [6.07, 6.45) is 0. The van der Waals surface area contributed by atoms with Crippen LogP contribution in [-0.2, 0) is 6.54 Å². The number of nitrogens with zero attached hydrogens (tertiary/aromatic N) is 4. The average molecular weight is 279 g/mol. The summed E-state index contributed by atoms with van der Waals surface area (Å²) in [4.78, 5) is 1.57. The Hall–Kier alpha value is -2.53. The van der Waals surface area contributed by atoms with Crippen LogP contribution in [0.5, 0.6) is 0 Å². The maximum Gasteiger partial charge on any atom is 0.205 e. The van der Waals surface area contributed by atoms with Crippen LogP contribution < -0.4 is 5.32 Å². The molecule has 2 aromatic carbocycles. The van der Waals surface area contributed by atoms with Crippen molar-refractivity contribution in [2.45, 2.75) is 13.5 Å². The molecular formula is C16H17N5. The van der Waals surface area contributed by atoms with Crippen molar-refractivity contribution in [1.82, 2.24) is 25.5 Å². The summed E-state index contributed by atoms with van der Waals surface area (Å²) < 4.78 is 0. The summed E-state index contributed by atoms with van der Waals surface area (Å²) >= 11 is 0. The highest BCUT2D eigenvalue weighted by atomic mass is 15.6. The van der Waals surface area contributed by atoms with E-state index in [9.17, 15) is 0 Å². The summed E-state index contributed by atoms with van der Waals surface area (Å²) in [6.45, 7) is 2.94. The van der Waals surface area contributed by atoms with E-state index in [0.29, 0.717) is 5.82 Å². The zero-order valence-electron chi connectivity index (χ0n) is 12.1. The SMILES string of the molecule is CNCc1ccc(-n2nnc(-c3ccccc3)n2)cc1C. The highest BCUT2D eigenvalue weighted by molar-refractivity contribution is 5.53. The first-order chi connectivity index (χ1) is 10.3. The maximum absolute atomic E-state index is 4.45. The molecule has 0 bridgehead atoms. The van der Waals surface area contributed by atoms with Crippen molar-refractivity contribution >= 4 is 0 Å². The zero-order chi connectivity index (χ0) is 14.7. The first kappa shape index (κ1) is 13.5. The van der Waals surface area contributed by atoms with Gasteiger partial charge in [-0.1, -0.05) is 36.4 Å². The average Bonchev–Trinajstić information content (AvgIpc) is 3.00. The van der Waals surface area contributed by atoms with Gasteiger partial charge in [-0.15, -0.1) is 15.0 Å². The van der Waals surface area contributed by atoms with Crippen molar-refractivity contribution < 1.29 is 0 Å². The Labute approximate surface area is 123 Å². The van der Waals surface area contributed by atoms with Crippen LogP contribution in [0.2, 0.25) is 0 Å². The van der Waals surface area contributed by atoms with E-state index < -0.39 is 0 Å². The van der Waals surface area contributed by atoms with E-state index in [1.165, 1.54) is 11.1 Å². The molecule has 0 aliphatic heterocycles. The third kappa shape index (κ3) is 2.83. The van der Waals surface area contributed by atoms with Crippen LogP contribution in [0.3, 0.4) is 0 Å². The second kappa shape index (κ2) is 5.85. The molecule has 1 aromatic heterocycles. The van der Waals surface area contributed by atoms with E-state index >= 15 is 0 Å². The summed E-state index contributed by atoms with van der Waals surface area (Å²) in [7, 11) is 1.94. The van der Waals surface area contributed by atoms with Crippen LogP contribution in [0.25, 0.3) is 17.1 Å². The molecule has 0 aliphatic rings. The molecule has 5 nitrogen and oxygen atoms in total. The van der Waals surface area contributed by atoms with Gasteiger partial charge >= 0.3 is 0 Å². The topological polar surface area (TPSA) is 55.6 Å². The molecule has 21 heavy (non-hydrogen) atoms. The number of hydrogen-bond donors (Lipinski definition) is 1. The molecule has 0 spiro atoms. The molecule has 1 N–H and O–H groups in total. The van der Waals surface area contributed by atoms with Gasteiger partial charge in [0.1, 0.15) is 0 Å². The number of aromatic nitrogens is 4. The molecule has 5 heteroatoms. The fourth-order valence-corrected chi connectivity index (χ4v) is 2.22. The Morgan fingerprint density at radius 2 is 1.90 bits per heavy atom. The summed E-state index contributed by atoms with van der Waals surface area (Å²) in [5.74, 6) is 0.632. The van der Waals surface area contributed by atoms with Crippen molar-refractivity contribution in [2.24, 2.45) is 0 Å². The highest BCUT2D eigenvalue weighted by Crippen LogP contribution is 2.16. The number of nitrogens with one attached hydrogen (secondary N) is 1. The molecular weight excluding hydrogens is 262 g/mol. The molecule has 0 amide bonds. The summed E-state index contributed by atoms with van der Waals surface area (Å²) in [5, 5.41) is 15.9. The normalized spacial score (nSPS) is 10.8. The molecule has 0 radical (unpaired) electrons. The molecule has 0 unspecified atom stereocenters. The molecule has 0 aliphatic carbocycles. The molecule has 1 heterocycles. The minimum atomic E-state index is 0.632. The van der Waals surface area contributed by atoms with Gasteiger partial charge in [-0.2, -0.15) is 0 Å². The lowest BCUT2D eigenvalue weighted by molar-refractivity contribution is 0.718. The fraction of sp³-hybridized carbons (Fsp3) is 0.188. The van der Waals surface area contributed by atoms with Crippen molar-refractivity contribution in [3.8, 4) is 17.1 Å². The van der Waals surface area contributed by atoms with Crippen molar-refractivity contribution in [3.05, 3.63) is 59.7 Å². The number of tetrazole rings is 1. The molecule has 106 valence electrons. The Bertz CT molecular complexity index is 733. The van der Waals surface area contributed by atoms with Gasteiger partial charge in [-0.05, 0) is 42.4 Å².